The quantitative estimate of drug-likeness (QED) is 0.555. The third-order valence-electron chi connectivity index (χ3n) is 5.72. The summed E-state index contributed by atoms with van der Waals surface area (Å²) in [6.45, 7) is 0.627. The van der Waals surface area contributed by atoms with Crippen LogP contribution in [0.2, 0.25) is 0 Å². The van der Waals surface area contributed by atoms with E-state index in [2.05, 4.69) is 5.32 Å². The van der Waals surface area contributed by atoms with E-state index in [4.69, 9.17) is 4.74 Å². The van der Waals surface area contributed by atoms with Crippen molar-refractivity contribution in [3.63, 3.8) is 0 Å². The largest absolute Gasteiger partial charge is 0.497 e. The maximum atomic E-state index is 13.3. The Kier molecular flexibility index (Phi) is 6.56. The fourth-order valence-electron chi connectivity index (χ4n) is 3.82. The minimum absolute atomic E-state index is 0.0320. The number of carbonyl (C=O) groups is 2. The van der Waals surface area contributed by atoms with Gasteiger partial charge in [0.25, 0.3) is 15.9 Å². The van der Waals surface area contributed by atoms with Crippen molar-refractivity contribution >= 4 is 38.9 Å². The first-order valence-corrected chi connectivity index (χ1v) is 12.2. The van der Waals surface area contributed by atoms with E-state index >= 15 is 0 Å². The van der Waals surface area contributed by atoms with Crippen LogP contribution in [0.3, 0.4) is 0 Å². The average molecular weight is 480 g/mol. The van der Waals surface area contributed by atoms with Gasteiger partial charge in [0.1, 0.15) is 5.75 Å². The molecule has 1 aliphatic heterocycles. The summed E-state index contributed by atoms with van der Waals surface area (Å²) in [5.41, 5.74) is 1.68. The van der Waals surface area contributed by atoms with Crippen LogP contribution < -0.4 is 19.3 Å². The molecule has 0 unspecified atom stereocenters. The summed E-state index contributed by atoms with van der Waals surface area (Å²) in [5, 5.41) is 2.79. The summed E-state index contributed by atoms with van der Waals surface area (Å²) in [5.74, 6) is 0.250. The van der Waals surface area contributed by atoms with Gasteiger partial charge in [-0.15, -0.1) is 0 Å². The lowest BCUT2D eigenvalue weighted by molar-refractivity contribution is -0.117. The highest BCUT2D eigenvalue weighted by Gasteiger charge is 2.26. The smallest absolute Gasteiger partial charge is 0.264 e. The van der Waals surface area contributed by atoms with Gasteiger partial charge in [-0.25, -0.2) is 8.42 Å². The fourth-order valence-corrected chi connectivity index (χ4v) is 5.03. The average Bonchev–Trinajstić information content (AvgIpc) is 3.29. The summed E-state index contributed by atoms with van der Waals surface area (Å²) < 4.78 is 32.9. The van der Waals surface area contributed by atoms with Crippen molar-refractivity contribution in [3.8, 4) is 5.75 Å². The molecule has 0 saturated carbocycles. The number of hydrogen-bond acceptors (Lipinski definition) is 5. The Morgan fingerprint density at radius 3 is 2.29 bits per heavy atom. The van der Waals surface area contributed by atoms with Crippen molar-refractivity contribution < 1.29 is 22.7 Å². The van der Waals surface area contributed by atoms with E-state index in [9.17, 15) is 18.0 Å². The van der Waals surface area contributed by atoms with Crippen LogP contribution in [0.1, 0.15) is 23.2 Å². The Hall–Kier alpha value is -3.85. The number of amides is 2. The predicted octanol–water partition coefficient (Wildman–Crippen LogP) is 3.90. The molecule has 0 aromatic heterocycles. The summed E-state index contributed by atoms with van der Waals surface area (Å²) in [6.07, 6.45) is 1.29. The number of nitrogens with zero attached hydrogens (tertiary/aromatic N) is 2. The molecule has 0 atom stereocenters. The molecular formula is C25H25N3O5S. The number of hydrogen-bond donors (Lipinski definition) is 1. The Morgan fingerprint density at radius 1 is 1.00 bits per heavy atom. The maximum absolute atomic E-state index is 13.3. The summed E-state index contributed by atoms with van der Waals surface area (Å²) >= 11 is 0. The van der Waals surface area contributed by atoms with Gasteiger partial charge in [0.2, 0.25) is 5.91 Å². The first-order valence-electron chi connectivity index (χ1n) is 10.7. The van der Waals surface area contributed by atoms with Crippen molar-refractivity contribution in [1.82, 2.24) is 0 Å². The van der Waals surface area contributed by atoms with Crippen molar-refractivity contribution in [2.24, 2.45) is 0 Å². The van der Waals surface area contributed by atoms with Crippen LogP contribution in [-0.2, 0) is 14.8 Å². The Labute approximate surface area is 198 Å². The number of ether oxygens (including phenoxy) is 1. The Morgan fingerprint density at radius 2 is 1.68 bits per heavy atom. The van der Waals surface area contributed by atoms with Gasteiger partial charge in [-0.1, -0.05) is 12.1 Å². The van der Waals surface area contributed by atoms with Crippen molar-refractivity contribution in [3.05, 3.63) is 78.4 Å². The monoisotopic (exact) mass is 479 g/mol. The highest BCUT2D eigenvalue weighted by atomic mass is 32.2. The SMILES string of the molecule is COc1ccc(NC(=O)c2ccccc2N(C)S(=O)(=O)c2ccc(N3CCCC3=O)cc2)cc1. The number of anilines is 3. The van der Waals surface area contributed by atoms with Crippen LogP contribution in [0.5, 0.6) is 5.75 Å². The van der Waals surface area contributed by atoms with Gasteiger partial charge in [-0.2, -0.15) is 0 Å². The fraction of sp³-hybridized carbons (Fsp3) is 0.200. The first-order chi connectivity index (χ1) is 16.3. The summed E-state index contributed by atoms with van der Waals surface area (Å²) in [6, 6.07) is 19.6. The van der Waals surface area contributed by atoms with Crippen LogP contribution in [0.4, 0.5) is 17.1 Å². The molecule has 1 heterocycles. The van der Waals surface area contributed by atoms with Crippen LogP contribution in [0.15, 0.2) is 77.7 Å². The normalized spacial score (nSPS) is 13.6. The van der Waals surface area contributed by atoms with Gasteiger partial charge < -0.3 is 15.0 Å². The summed E-state index contributed by atoms with van der Waals surface area (Å²) in [4.78, 5) is 26.7. The first kappa shape index (κ1) is 23.3. The standard InChI is InChI=1S/C25H25N3O5S/c1-27(34(31,32)21-15-11-19(12-16-21)28-17-5-8-24(28)29)23-7-4-3-6-22(23)25(30)26-18-9-13-20(33-2)14-10-18/h3-4,6-7,9-16H,5,8,17H2,1-2H3,(H,26,30). The molecule has 4 rings (SSSR count). The van der Waals surface area contributed by atoms with Gasteiger partial charge in [0.05, 0.1) is 23.3 Å². The second-order valence-electron chi connectivity index (χ2n) is 7.82. The summed E-state index contributed by atoms with van der Waals surface area (Å²) in [7, 11) is -0.986. The van der Waals surface area contributed by atoms with Crippen LogP contribution in [0, 0.1) is 0 Å². The number of methoxy groups -OCH3 is 1. The number of para-hydroxylation sites is 1. The van der Waals surface area contributed by atoms with Gasteiger partial charge in [0, 0.05) is 31.4 Å². The molecule has 2 amide bonds. The highest BCUT2D eigenvalue weighted by molar-refractivity contribution is 7.92. The molecule has 0 radical (unpaired) electrons. The molecular weight excluding hydrogens is 454 g/mol. The molecule has 0 aliphatic carbocycles. The molecule has 0 spiro atoms. The molecule has 8 nitrogen and oxygen atoms in total. The number of carbonyl (C=O) groups excluding carboxylic acids is 2. The van der Waals surface area contributed by atoms with Crippen LogP contribution >= 0.6 is 0 Å². The molecule has 3 aromatic rings. The van der Waals surface area contributed by atoms with E-state index in [1.165, 1.54) is 19.2 Å². The maximum Gasteiger partial charge on any atom is 0.264 e. The molecule has 0 bridgehead atoms. The second-order valence-corrected chi connectivity index (χ2v) is 9.78. The van der Waals surface area contributed by atoms with E-state index in [1.807, 2.05) is 0 Å². The molecule has 1 N–H and O–H groups in total. The molecule has 34 heavy (non-hydrogen) atoms. The van der Waals surface area contributed by atoms with Gasteiger partial charge in [-0.05, 0) is 67.1 Å². The molecule has 1 saturated heterocycles. The lowest BCUT2D eigenvalue weighted by Crippen LogP contribution is -2.29. The topological polar surface area (TPSA) is 96.0 Å². The lowest BCUT2D eigenvalue weighted by Gasteiger charge is -2.23. The zero-order valence-corrected chi connectivity index (χ0v) is 19.7. The Balaban J connectivity index is 1.58. The van der Waals surface area contributed by atoms with Crippen molar-refractivity contribution in [2.45, 2.75) is 17.7 Å². The van der Waals surface area contributed by atoms with E-state index in [1.54, 1.807) is 72.7 Å². The number of nitrogens with one attached hydrogen (secondary N) is 1. The van der Waals surface area contributed by atoms with E-state index < -0.39 is 15.9 Å². The Bertz CT molecular complexity index is 1310. The van der Waals surface area contributed by atoms with Gasteiger partial charge >= 0.3 is 0 Å². The van der Waals surface area contributed by atoms with Crippen molar-refractivity contribution in [2.75, 3.05) is 35.2 Å². The molecule has 3 aromatic carbocycles. The van der Waals surface area contributed by atoms with Gasteiger partial charge in [0.15, 0.2) is 0 Å². The highest BCUT2D eigenvalue weighted by Crippen LogP contribution is 2.29. The zero-order valence-electron chi connectivity index (χ0n) is 18.9. The number of benzene rings is 3. The predicted molar refractivity (Wildman–Crippen MR) is 131 cm³/mol. The zero-order chi connectivity index (χ0) is 24.3. The third kappa shape index (κ3) is 4.60. The minimum atomic E-state index is -3.95. The number of rotatable bonds is 7. The molecule has 176 valence electrons. The van der Waals surface area contributed by atoms with Crippen LogP contribution in [0.25, 0.3) is 0 Å². The molecule has 1 fully saturated rings. The molecule has 1 aliphatic rings. The number of sulfonamides is 1. The van der Waals surface area contributed by atoms with Crippen LogP contribution in [-0.4, -0.2) is 40.9 Å². The van der Waals surface area contributed by atoms with E-state index in [0.29, 0.717) is 30.1 Å². The molecule has 9 heteroatoms. The van der Waals surface area contributed by atoms with Gasteiger partial charge in [-0.3, -0.25) is 13.9 Å². The van der Waals surface area contributed by atoms with Crippen molar-refractivity contribution in [1.29, 1.82) is 0 Å². The second kappa shape index (κ2) is 9.56. The minimum Gasteiger partial charge on any atom is -0.497 e. The van der Waals surface area contributed by atoms with E-state index in [0.717, 1.165) is 10.7 Å². The lowest BCUT2D eigenvalue weighted by atomic mass is 10.1. The third-order valence-corrected chi connectivity index (χ3v) is 7.50. The van der Waals surface area contributed by atoms with E-state index in [-0.39, 0.29) is 22.1 Å².